The molecule has 0 bridgehead atoms. The average molecular weight is 256 g/mol. The van der Waals surface area contributed by atoms with Crippen LogP contribution >= 0.6 is 22.6 Å². The van der Waals surface area contributed by atoms with Crippen LogP contribution in [0.25, 0.3) is 0 Å². The SMILES string of the molecule is CCCC(I)C(=O)OCC. The molecular formula is C7H13IO2. The van der Waals surface area contributed by atoms with Gasteiger partial charge in [-0.3, -0.25) is 4.79 Å². The molecule has 0 heterocycles. The molecule has 0 aliphatic carbocycles. The van der Waals surface area contributed by atoms with Crippen LogP contribution in [-0.2, 0) is 9.53 Å². The summed E-state index contributed by atoms with van der Waals surface area (Å²) in [5.41, 5.74) is 0. The van der Waals surface area contributed by atoms with Gasteiger partial charge in [-0.15, -0.1) is 0 Å². The van der Waals surface area contributed by atoms with E-state index in [2.05, 4.69) is 29.5 Å². The minimum absolute atomic E-state index is 0.0440. The van der Waals surface area contributed by atoms with Gasteiger partial charge in [-0.2, -0.15) is 0 Å². The molecule has 0 aliphatic rings. The average Bonchev–Trinajstić information content (AvgIpc) is 1.89. The Kier molecular flexibility index (Phi) is 6.06. The Morgan fingerprint density at radius 3 is 2.60 bits per heavy atom. The Bertz CT molecular complexity index is 104. The summed E-state index contributed by atoms with van der Waals surface area (Å²) in [5, 5.41) is 0. The molecule has 1 unspecified atom stereocenters. The van der Waals surface area contributed by atoms with Crippen LogP contribution in [0.2, 0.25) is 0 Å². The summed E-state index contributed by atoms with van der Waals surface area (Å²) in [6, 6.07) is 0. The number of esters is 1. The van der Waals surface area contributed by atoms with Crippen molar-refractivity contribution >= 4 is 28.6 Å². The number of hydrogen-bond donors (Lipinski definition) is 0. The number of carbonyl (C=O) groups is 1. The third-order valence-electron chi connectivity index (χ3n) is 1.08. The van der Waals surface area contributed by atoms with E-state index < -0.39 is 0 Å². The summed E-state index contributed by atoms with van der Waals surface area (Å²) in [5.74, 6) is -0.0787. The molecule has 0 rings (SSSR count). The van der Waals surface area contributed by atoms with E-state index in [9.17, 15) is 4.79 Å². The maximum Gasteiger partial charge on any atom is 0.318 e. The van der Waals surface area contributed by atoms with Crippen LogP contribution in [0.15, 0.2) is 0 Å². The summed E-state index contributed by atoms with van der Waals surface area (Å²) in [6.45, 7) is 4.38. The number of carbonyl (C=O) groups excluding carboxylic acids is 1. The van der Waals surface area contributed by atoms with Crippen LogP contribution in [0, 0.1) is 0 Å². The molecule has 0 aromatic heterocycles. The van der Waals surface area contributed by atoms with Gasteiger partial charge < -0.3 is 4.74 Å². The fourth-order valence-electron chi connectivity index (χ4n) is 0.604. The lowest BCUT2D eigenvalue weighted by Gasteiger charge is -2.05. The Morgan fingerprint density at radius 1 is 1.60 bits per heavy atom. The molecule has 10 heavy (non-hydrogen) atoms. The molecule has 0 fully saturated rings. The normalized spacial score (nSPS) is 12.7. The van der Waals surface area contributed by atoms with E-state index in [1.54, 1.807) is 0 Å². The molecule has 2 nitrogen and oxygen atoms in total. The lowest BCUT2D eigenvalue weighted by molar-refractivity contribution is -0.142. The van der Waals surface area contributed by atoms with E-state index in [1.807, 2.05) is 6.92 Å². The second-order valence-corrected chi connectivity index (χ2v) is 3.51. The molecule has 60 valence electrons. The molecule has 3 heteroatoms. The molecule has 0 spiro atoms. The highest BCUT2D eigenvalue weighted by molar-refractivity contribution is 14.1. The second kappa shape index (κ2) is 5.95. The Labute approximate surface area is 75.5 Å². The van der Waals surface area contributed by atoms with Gasteiger partial charge in [0.2, 0.25) is 0 Å². The zero-order valence-electron chi connectivity index (χ0n) is 6.39. The predicted molar refractivity (Wildman–Crippen MR) is 49.3 cm³/mol. The highest BCUT2D eigenvalue weighted by atomic mass is 127. The summed E-state index contributed by atoms with van der Waals surface area (Å²) in [6.07, 6.45) is 1.95. The first-order chi connectivity index (χ1) is 4.72. The maximum atomic E-state index is 10.9. The van der Waals surface area contributed by atoms with Gasteiger partial charge >= 0.3 is 5.97 Å². The highest BCUT2D eigenvalue weighted by Crippen LogP contribution is 2.09. The molecular weight excluding hydrogens is 243 g/mol. The maximum absolute atomic E-state index is 10.9. The molecule has 0 N–H and O–H groups in total. The molecule has 0 amide bonds. The van der Waals surface area contributed by atoms with Gasteiger partial charge in [0.1, 0.15) is 3.92 Å². The minimum Gasteiger partial charge on any atom is -0.465 e. The topological polar surface area (TPSA) is 26.3 Å². The van der Waals surface area contributed by atoms with E-state index in [4.69, 9.17) is 4.74 Å². The quantitative estimate of drug-likeness (QED) is 0.437. The summed E-state index contributed by atoms with van der Waals surface area (Å²) >= 11 is 2.12. The third-order valence-corrected chi connectivity index (χ3v) is 2.22. The smallest absolute Gasteiger partial charge is 0.318 e. The van der Waals surface area contributed by atoms with Gasteiger partial charge in [-0.1, -0.05) is 35.9 Å². The Hall–Kier alpha value is 0.200. The van der Waals surface area contributed by atoms with Crippen LogP contribution in [-0.4, -0.2) is 16.5 Å². The van der Waals surface area contributed by atoms with Crippen molar-refractivity contribution in [2.45, 2.75) is 30.6 Å². The molecule has 0 aromatic carbocycles. The number of hydrogen-bond acceptors (Lipinski definition) is 2. The van der Waals surface area contributed by atoms with Gasteiger partial charge in [0.05, 0.1) is 6.61 Å². The van der Waals surface area contributed by atoms with Crippen LogP contribution in [0.5, 0.6) is 0 Å². The number of halogens is 1. The Balaban J connectivity index is 3.49. The van der Waals surface area contributed by atoms with Crippen molar-refractivity contribution in [1.29, 1.82) is 0 Å². The van der Waals surface area contributed by atoms with Crippen LogP contribution < -0.4 is 0 Å². The van der Waals surface area contributed by atoms with Gasteiger partial charge in [0, 0.05) is 0 Å². The zero-order chi connectivity index (χ0) is 7.98. The standard InChI is InChI=1S/C7H13IO2/c1-3-5-6(8)7(9)10-4-2/h6H,3-5H2,1-2H3. The van der Waals surface area contributed by atoms with Crippen LogP contribution in [0.3, 0.4) is 0 Å². The van der Waals surface area contributed by atoms with Crippen molar-refractivity contribution in [1.82, 2.24) is 0 Å². The lowest BCUT2D eigenvalue weighted by atomic mass is 10.2. The first-order valence-electron chi connectivity index (χ1n) is 3.53. The minimum atomic E-state index is -0.0787. The number of ether oxygens (including phenoxy) is 1. The Morgan fingerprint density at radius 2 is 2.20 bits per heavy atom. The molecule has 0 saturated heterocycles. The monoisotopic (exact) mass is 256 g/mol. The highest BCUT2D eigenvalue weighted by Gasteiger charge is 2.13. The number of rotatable bonds is 4. The fourth-order valence-corrected chi connectivity index (χ4v) is 1.41. The van der Waals surface area contributed by atoms with E-state index in [1.165, 1.54) is 0 Å². The number of alkyl halides is 1. The van der Waals surface area contributed by atoms with Crippen LogP contribution in [0.1, 0.15) is 26.7 Å². The van der Waals surface area contributed by atoms with Crippen LogP contribution in [0.4, 0.5) is 0 Å². The fraction of sp³-hybridized carbons (Fsp3) is 0.857. The zero-order valence-corrected chi connectivity index (χ0v) is 8.55. The van der Waals surface area contributed by atoms with Gasteiger partial charge in [0.15, 0.2) is 0 Å². The van der Waals surface area contributed by atoms with Crippen molar-refractivity contribution in [2.75, 3.05) is 6.61 Å². The summed E-state index contributed by atoms with van der Waals surface area (Å²) in [4.78, 5) is 10.9. The van der Waals surface area contributed by atoms with E-state index in [0.717, 1.165) is 12.8 Å². The van der Waals surface area contributed by atoms with Crippen molar-refractivity contribution in [3.8, 4) is 0 Å². The van der Waals surface area contributed by atoms with E-state index in [-0.39, 0.29) is 9.89 Å². The van der Waals surface area contributed by atoms with E-state index >= 15 is 0 Å². The summed E-state index contributed by atoms with van der Waals surface area (Å²) in [7, 11) is 0. The van der Waals surface area contributed by atoms with Gasteiger partial charge in [-0.25, -0.2) is 0 Å². The van der Waals surface area contributed by atoms with Gasteiger partial charge in [-0.05, 0) is 13.3 Å². The summed E-state index contributed by atoms with van der Waals surface area (Å²) < 4.78 is 4.85. The largest absolute Gasteiger partial charge is 0.465 e. The van der Waals surface area contributed by atoms with Crippen molar-refractivity contribution in [3.63, 3.8) is 0 Å². The molecule has 0 radical (unpaired) electrons. The molecule has 0 saturated carbocycles. The first kappa shape index (κ1) is 10.2. The molecule has 0 aromatic rings. The second-order valence-electron chi connectivity index (χ2n) is 2.01. The predicted octanol–water partition coefficient (Wildman–Crippen LogP) is 2.15. The first-order valence-corrected chi connectivity index (χ1v) is 4.77. The van der Waals surface area contributed by atoms with Gasteiger partial charge in [0.25, 0.3) is 0 Å². The van der Waals surface area contributed by atoms with E-state index in [0.29, 0.717) is 6.61 Å². The van der Waals surface area contributed by atoms with Crippen molar-refractivity contribution < 1.29 is 9.53 Å². The lowest BCUT2D eigenvalue weighted by Crippen LogP contribution is -2.16. The third kappa shape index (κ3) is 4.09. The van der Waals surface area contributed by atoms with Crippen molar-refractivity contribution in [2.24, 2.45) is 0 Å². The van der Waals surface area contributed by atoms with Crippen molar-refractivity contribution in [3.05, 3.63) is 0 Å². The molecule has 1 atom stereocenters. The molecule has 0 aliphatic heterocycles.